The summed E-state index contributed by atoms with van der Waals surface area (Å²) in [6.07, 6.45) is 5.92. The van der Waals surface area contributed by atoms with Crippen LogP contribution in [0.5, 0.6) is 5.75 Å². The third kappa shape index (κ3) is 7.46. The van der Waals surface area contributed by atoms with Crippen LogP contribution in [0, 0.1) is 16.0 Å². The number of nitrogens with zero attached hydrogens (tertiary/aromatic N) is 2. The number of rotatable bonds is 4. The van der Waals surface area contributed by atoms with E-state index in [9.17, 15) is 15.2 Å². The lowest BCUT2D eigenvalue weighted by Crippen LogP contribution is -1.89. The molecule has 0 atom stereocenters. The molecule has 1 N–H and O–H groups in total. The molecule has 0 saturated carbocycles. The summed E-state index contributed by atoms with van der Waals surface area (Å²) < 4.78 is 0. The molecule has 0 aliphatic carbocycles. The lowest BCUT2D eigenvalue weighted by molar-refractivity contribution is -0.384. The highest BCUT2D eigenvalue weighted by Gasteiger charge is 2.12. The Morgan fingerprint density at radius 2 is 1.83 bits per heavy atom. The Kier molecular flexibility index (Phi) is 11.3. The number of nitro benzene ring substituents is 1. The van der Waals surface area contributed by atoms with Gasteiger partial charge in [0.1, 0.15) is 5.75 Å². The zero-order valence-electron chi connectivity index (χ0n) is 14.6. The number of phenolic OH excluding ortho intramolecular Hbond substituents is 1. The monoisotopic (exact) mass is 350 g/mol. The molecule has 132 valence electrons. The predicted molar refractivity (Wildman–Crippen MR) is 103 cm³/mol. The van der Waals surface area contributed by atoms with E-state index in [4.69, 9.17) is 0 Å². The Bertz CT molecular complexity index is 602. The van der Waals surface area contributed by atoms with Crippen molar-refractivity contribution in [3.8, 4) is 17.0 Å². The number of non-ortho nitro benzene ring substituents is 1. The number of hydrogen-bond acceptors (Lipinski definition) is 5. The second kappa shape index (κ2) is 12.4. The van der Waals surface area contributed by atoms with Gasteiger partial charge in [-0.3, -0.25) is 15.1 Å². The molecule has 1 aromatic carbocycles. The summed E-state index contributed by atoms with van der Waals surface area (Å²) in [5.74, 6) is 0.911. The number of pyridine rings is 1. The number of hydrogen-bond donors (Lipinski definition) is 2. The molecular weight excluding hydrogens is 324 g/mol. The number of benzene rings is 1. The minimum atomic E-state index is -0.508. The minimum absolute atomic E-state index is 0.0238. The number of aromatic nitrogens is 1. The molecule has 0 fully saturated rings. The van der Waals surface area contributed by atoms with E-state index in [0.717, 1.165) is 5.92 Å². The second-order valence-corrected chi connectivity index (χ2v) is 5.10. The highest BCUT2D eigenvalue weighted by molar-refractivity contribution is 7.79. The standard InChI is InChI=1S/C11H8N2O3.C6H14.CH4S/c14-11-5-4-8(13(15)16)7-9(11)10-3-1-2-6-12-10;1-4-6(3)5-2;1-2/h1-7,14H;6H,4-5H2,1-3H3;2H,1H3. The second-order valence-electron chi connectivity index (χ2n) is 5.10. The molecule has 5 nitrogen and oxygen atoms in total. The van der Waals surface area contributed by atoms with E-state index in [1.165, 1.54) is 31.0 Å². The van der Waals surface area contributed by atoms with E-state index in [-0.39, 0.29) is 11.4 Å². The molecule has 0 radical (unpaired) electrons. The summed E-state index contributed by atoms with van der Waals surface area (Å²) in [5, 5.41) is 20.2. The molecule has 0 unspecified atom stereocenters. The van der Waals surface area contributed by atoms with E-state index in [2.05, 4.69) is 38.4 Å². The average molecular weight is 350 g/mol. The molecule has 6 heteroatoms. The van der Waals surface area contributed by atoms with Crippen LogP contribution in [0.15, 0.2) is 42.6 Å². The van der Waals surface area contributed by atoms with Crippen LogP contribution in [-0.2, 0) is 0 Å². The van der Waals surface area contributed by atoms with Gasteiger partial charge in [-0.05, 0) is 30.4 Å². The first kappa shape index (κ1) is 21.9. The summed E-state index contributed by atoms with van der Waals surface area (Å²) in [7, 11) is 0. The van der Waals surface area contributed by atoms with Gasteiger partial charge in [0.25, 0.3) is 5.69 Å². The Labute approximate surface area is 149 Å². The molecular formula is C18H26N2O3S. The molecule has 0 bridgehead atoms. The van der Waals surface area contributed by atoms with Crippen LogP contribution in [0.4, 0.5) is 5.69 Å². The number of phenols is 1. The molecule has 0 aliphatic rings. The lowest BCUT2D eigenvalue weighted by atomic mass is 10.1. The maximum Gasteiger partial charge on any atom is 0.270 e. The molecule has 2 rings (SSSR count). The van der Waals surface area contributed by atoms with Crippen molar-refractivity contribution in [3.05, 3.63) is 52.7 Å². The van der Waals surface area contributed by atoms with Gasteiger partial charge in [0.15, 0.2) is 0 Å². The third-order valence-electron chi connectivity index (χ3n) is 3.53. The van der Waals surface area contributed by atoms with Gasteiger partial charge in [-0.1, -0.05) is 39.7 Å². The van der Waals surface area contributed by atoms with Gasteiger partial charge < -0.3 is 5.11 Å². The van der Waals surface area contributed by atoms with Gasteiger partial charge in [-0.2, -0.15) is 12.6 Å². The van der Waals surface area contributed by atoms with E-state index >= 15 is 0 Å². The van der Waals surface area contributed by atoms with Crippen LogP contribution < -0.4 is 0 Å². The Balaban J connectivity index is 0.000000563. The van der Waals surface area contributed by atoms with Crippen molar-refractivity contribution in [2.75, 3.05) is 6.26 Å². The summed E-state index contributed by atoms with van der Waals surface area (Å²) in [4.78, 5) is 14.1. The van der Waals surface area contributed by atoms with Crippen molar-refractivity contribution in [1.29, 1.82) is 0 Å². The molecule has 1 heterocycles. The van der Waals surface area contributed by atoms with E-state index in [1.54, 1.807) is 30.7 Å². The van der Waals surface area contributed by atoms with Crippen molar-refractivity contribution < 1.29 is 10.0 Å². The van der Waals surface area contributed by atoms with Gasteiger partial charge in [0.05, 0.1) is 10.6 Å². The van der Waals surface area contributed by atoms with Crippen LogP contribution in [-0.4, -0.2) is 21.3 Å². The van der Waals surface area contributed by atoms with Crippen LogP contribution in [0.1, 0.15) is 33.6 Å². The highest BCUT2D eigenvalue weighted by Crippen LogP contribution is 2.30. The number of nitro groups is 1. The van der Waals surface area contributed by atoms with Gasteiger partial charge in [-0.25, -0.2) is 0 Å². The maximum atomic E-state index is 10.6. The van der Waals surface area contributed by atoms with Crippen LogP contribution in [0.3, 0.4) is 0 Å². The zero-order chi connectivity index (χ0) is 18.5. The lowest BCUT2D eigenvalue weighted by Gasteiger charge is -2.02. The summed E-state index contributed by atoms with van der Waals surface area (Å²) in [6.45, 7) is 6.74. The van der Waals surface area contributed by atoms with Crippen molar-refractivity contribution in [1.82, 2.24) is 4.98 Å². The van der Waals surface area contributed by atoms with Crippen LogP contribution in [0.2, 0.25) is 0 Å². The van der Waals surface area contributed by atoms with E-state index in [1.807, 2.05) is 0 Å². The fourth-order valence-corrected chi connectivity index (χ4v) is 1.65. The quantitative estimate of drug-likeness (QED) is 0.443. The summed E-state index contributed by atoms with van der Waals surface area (Å²) >= 11 is 3.53. The van der Waals surface area contributed by atoms with E-state index < -0.39 is 4.92 Å². The van der Waals surface area contributed by atoms with Crippen molar-refractivity contribution in [3.63, 3.8) is 0 Å². The summed E-state index contributed by atoms with van der Waals surface area (Å²) in [6, 6.07) is 9.01. The van der Waals surface area contributed by atoms with Gasteiger partial charge in [0, 0.05) is 23.9 Å². The smallest absolute Gasteiger partial charge is 0.270 e. The van der Waals surface area contributed by atoms with Gasteiger partial charge in [0.2, 0.25) is 0 Å². The molecule has 0 amide bonds. The molecule has 2 aromatic rings. The maximum absolute atomic E-state index is 10.6. The normalized spacial score (nSPS) is 9.42. The Morgan fingerprint density at radius 1 is 1.21 bits per heavy atom. The molecule has 0 spiro atoms. The topological polar surface area (TPSA) is 76.3 Å². The first-order valence-corrected chi connectivity index (χ1v) is 8.72. The number of thiol groups is 1. The predicted octanol–water partition coefficient (Wildman–Crippen LogP) is 5.35. The van der Waals surface area contributed by atoms with Crippen LogP contribution in [0.25, 0.3) is 11.3 Å². The summed E-state index contributed by atoms with van der Waals surface area (Å²) in [5.41, 5.74) is 0.789. The zero-order valence-corrected chi connectivity index (χ0v) is 15.5. The molecule has 0 saturated heterocycles. The third-order valence-corrected chi connectivity index (χ3v) is 3.53. The number of aromatic hydroxyl groups is 1. The molecule has 0 aliphatic heterocycles. The van der Waals surface area contributed by atoms with Gasteiger partial charge in [-0.15, -0.1) is 0 Å². The fourth-order valence-electron chi connectivity index (χ4n) is 1.65. The van der Waals surface area contributed by atoms with Crippen molar-refractivity contribution >= 4 is 18.3 Å². The minimum Gasteiger partial charge on any atom is -0.507 e. The average Bonchev–Trinajstić information content (AvgIpc) is 2.64. The highest BCUT2D eigenvalue weighted by atomic mass is 32.1. The Morgan fingerprint density at radius 3 is 2.25 bits per heavy atom. The van der Waals surface area contributed by atoms with Gasteiger partial charge >= 0.3 is 0 Å². The first-order valence-electron chi connectivity index (χ1n) is 7.83. The molecule has 24 heavy (non-hydrogen) atoms. The first-order chi connectivity index (χ1) is 11.5. The largest absolute Gasteiger partial charge is 0.507 e. The van der Waals surface area contributed by atoms with Crippen LogP contribution >= 0.6 is 12.6 Å². The SMILES string of the molecule is CCC(C)CC.CS.O=[N+]([O-])c1ccc(O)c(-c2ccccn2)c1. The molecule has 1 aromatic heterocycles. The van der Waals surface area contributed by atoms with Crippen molar-refractivity contribution in [2.45, 2.75) is 33.6 Å². The Hall–Kier alpha value is -2.08. The fraction of sp³-hybridized carbons (Fsp3) is 0.389. The van der Waals surface area contributed by atoms with E-state index in [0.29, 0.717) is 11.3 Å². The van der Waals surface area contributed by atoms with Crippen molar-refractivity contribution in [2.24, 2.45) is 5.92 Å².